The summed E-state index contributed by atoms with van der Waals surface area (Å²) >= 11 is 0. The molecule has 5 heteroatoms. The monoisotopic (exact) mass is 357 g/mol. The van der Waals surface area contributed by atoms with E-state index in [1.54, 1.807) is 24.3 Å². The average molecular weight is 357 g/mol. The third kappa shape index (κ3) is 6.33. The van der Waals surface area contributed by atoms with Crippen molar-refractivity contribution in [3.05, 3.63) is 71.6 Å². The van der Waals surface area contributed by atoms with Crippen molar-refractivity contribution in [2.24, 2.45) is 10.6 Å². The third-order valence-electron chi connectivity index (χ3n) is 3.59. The SMILES string of the molecule is CC(C=NO)=CC(C)(C)COCc1ccc(F)c(Oc2ccccc2)c1. The van der Waals surface area contributed by atoms with Crippen LogP contribution in [0.2, 0.25) is 0 Å². The molecule has 2 aromatic carbocycles. The van der Waals surface area contributed by atoms with E-state index in [0.29, 0.717) is 19.0 Å². The zero-order chi connectivity index (χ0) is 19.0. The van der Waals surface area contributed by atoms with Gasteiger partial charge >= 0.3 is 0 Å². The molecule has 1 N–H and O–H groups in total. The van der Waals surface area contributed by atoms with Gasteiger partial charge in [-0.05, 0) is 42.3 Å². The summed E-state index contributed by atoms with van der Waals surface area (Å²) in [6, 6.07) is 13.8. The zero-order valence-electron chi connectivity index (χ0n) is 15.3. The predicted octanol–water partition coefficient (Wildman–Crippen LogP) is 5.57. The summed E-state index contributed by atoms with van der Waals surface area (Å²) in [5.41, 5.74) is 1.45. The van der Waals surface area contributed by atoms with Crippen LogP contribution < -0.4 is 4.74 Å². The van der Waals surface area contributed by atoms with Gasteiger partial charge in [0.15, 0.2) is 11.6 Å². The van der Waals surface area contributed by atoms with Crippen molar-refractivity contribution < 1.29 is 19.1 Å². The van der Waals surface area contributed by atoms with Gasteiger partial charge in [-0.2, -0.15) is 0 Å². The molecule has 0 saturated carbocycles. The van der Waals surface area contributed by atoms with Crippen molar-refractivity contribution in [1.29, 1.82) is 0 Å². The van der Waals surface area contributed by atoms with E-state index >= 15 is 0 Å². The number of oxime groups is 1. The number of allylic oxidation sites excluding steroid dienone is 1. The fourth-order valence-electron chi connectivity index (χ4n) is 2.55. The van der Waals surface area contributed by atoms with E-state index in [-0.39, 0.29) is 11.2 Å². The first-order chi connectivity index (χ1) is 12.4. The topological polar surface area (TPSA) is 51.1 Å². The van der Waals surface area contributed by atoms with E-state index in [9.17, 15) is 4.39 Å². The van der Waals surface area contributed by atoms with Crippen molar-refractivity contribution in [3.63, 3.8) is 0 Å². The highest BCUT2D eigenvalue weighted by molar-refractivity contribution is 5.77. The molecule has 0 radical (unpaired) electrons. The molecule has 2 rings (SSSR count). The summed E-state index contributed by atoms with van der Waals surface area (Å²) in [4.78, 5) is 0. The first-order valence-corrected chi connectivity index (χ1v) is 8.35. The molecule has 0 heterocycles. The Hall–Kier alpha value is -2.66. The van der Waals surface area contributed by atoms with Crippen LogP contribution >= 0.6 is 0 Å². The Balaban J connectivity index is 1.98. The number of halogens is 1. The van der Waals surface area contributed by atoms with Crippen molar-refractivity contribution in [3.8, 4) is 11.5 Å². The van der Waals surface area contributed by atoms with Gasteiger partial charge in [-0.1, -0.05) is 49.3 Å². The Bertz CT molecular complexity index is 770. The number of para-hydroxylation sites is 1. The number of nitrogens with zero attached hydrogens (tertiary/aromatic N) is 1. The molecule has 0 saturated heterocycles. The summed E-state index contributed by atoms with van der Waals surface area (Å²) < 4.78 is 25.4. The van der Waals surface area contributed by atoms with E-state index in [2.05, 4.69) is 5.16 Å². The molecule has 0 aromatic heterocycles. The fraction of sp³-hybridized carbons (Fsp3) is 0.286. The van der Waals surface area contributed by atoms with Crippen LogP contribution in [0.4, 0.5) is 4.39 Å². The second kappa shape index (κ2) is 9.15. The highest BCUT2D eigenvalue weighted by atomic mass is 19.1. The molecular weight excluding hydrogens is 333 g/mol. The highest BCUT2D eigenvalue weighted by Crippen LogP contribution is 2.26. The van der Waals surface area contributed by atoms with Crippen LogP contribution in [-0.2, 0) is 11.3 Å². The number of rotatable bonds is 8. The Morgan fingerprint density at radius 2 is 1.92 bits per heavy atom. The number of hydrogen-bond acceptors (Lipinski definition) is 4. The lowest BCUT2D eigenvalue weighted by Crippen LogP contribution is -2.17. The van der Waals surface area contributed by atoms with Gasteiger partial charge < -0.3 is 14.7 Å². The molecule has 0 aliphatic rings. The summed E-state index contributed by atoms with van der Waals surface area (Å²) in [6.07, 6.45) is 3.36. The molecule has 0 unspecified atom stereocenters. The highest BCUT2D eigenvalue weighted by Gasteiger charge is 2.15. The van der Waals surface area contributed by atoms with Crippen molar-refractivity contribution in [2.75, 3.05) is 6.61 Å². The average Bonchev–Trinajstić information content (AvgIpc) is 2.58. The number of hydrogen-bond donors (Lipinski definition) is 1. The maximum Gasteiger partial charge on any atom is 0.165 e. The minimum atomic E-state index is -0.417. The Labute approximate surface area is 153 Å². The van der Waals surface area contributed by atoms with Crippen LogP contribution in [0.25, 0.3) is 0 Å². The maximum atomic E-state index is 14.0. The van der Waals surface area contributed by atoms with Crippen LogP contribution in [0.1, 0.15) is 26.3 Å². The van der Waals surface area contributed by atoms with Gasteiger partial charge in [0.1, 0.15) is 5.75 Å². The summed E-state index contributed by atoms with van der Waals surface area (Å²) in [6.45, 7) is 6.72. The molecule has 2 aromatic rings. The van der Waals surface area contributed by atoms with E-state index in [1.165, 1.54) is 12.3 Å². The molecule has 0 atom stereocenters. The lowest BCUT2D eigenvalue weighted by Gasteiger charge is -2.21. The molecule has 0 bridgehead atoms. The van der Waals surface area contributed by atoms with E-state index < -0.39 is 5.82 Å². The van der Waals surface area contributed by atoms with Gasteiger partial charge in [-0.15, -0.1) is 0 Å². The van der Waals surface area contributed by atoms with Crippen molar-refractivity contribution in [1.82, 2.24) is 0 Å². The normalized spacial score (nSPS) is 12.5. The molecule has 0 spiro atoms. The minimum absolute atomic E-state index is 0.173. The second-order valence-electron chi connectivity index (χ2n) is 6.79. The van der Waals surface area contributed by atoms with Crippen LogP contribution in [0.3, 0.4) is 0 Å². The largest absolute Gasteiger partial charge is 0.454 e. The first kappa shape index (κ1) is 19.7. The van der Waals surface area contributed by atoms with Crippen LogP contribution in [0, 0.1) is 11.2 Å². The summed E-state index contributed by atoms with van der Waals surface area (Å²) in [5, 5.41) is 11.6. The van der Waals surface area contributed by atoms with Crippen molar-refractivity contribution in [2.45, 2.75) is 27.4 Å². The third-order valence-corrected chi connectivity index (χ3v) is 3.59. The molecule has 138 valence electrons. The molecule has 0 aliphatic heterocycles. The molecule has 26 heavy (non-hydrogen) atoms. The van der Waals surface area contributed by atoms with E-state index in [1.807, 2.05) is 45.0 Å². The van der Waals surface area contributed by atoms with Gasteiger partial charge in [0, 0.05) is 5.41 Å². The van der Waals surface area contributed by atoms with Gasteiger partial charge in [-0.25, -0.2) is 4.39 Å². The van der Waals surface area contributed by atoms with Gasteiger partial charge in [0.2, 0.25) is 0 Å². The molecule has 0 aliphatic carbocycles. The summed E-state index contributed by atoms with van der Waals surface area (Å²) in [7, 11) is 0. The fourth-order valence-corrected chi connectivity index (χ4v) is 2.55. The van der Waals surface area contributed by atoms with E-state index in [4.69, 9.17) is 14.7 Å². The smallest absolute Gasteiger partial charge is 0.165 e. The zero-order valence-corrected chi connectivity index (χ0v) is 15.3. The number of benzene rings is 2. The van der Waals surface area contributed by atoms with Gasteiger partial charge in [0.25, 0.3) is 0 Å². The van der Waals surface area contributed by atoms with Gasteiger partial charge in [-0.3, -0.25) is 0 Å². The second-order valence-corrected chi connectivity index (χ2v) is 6.79. The Kier molecular flexibility index (Phi) is 6.92. The van der Waals surface area contributed by atoms with Crippen LogP contribution in [-0.4, -0.2) is 18.0 Å². The first-order valence-electron chi connectivity index (χ1n) is 8.35. The maximum absolute atomic E-state index is 14.0. The Morgan fingerprint density at radius 3 is 2.62 bits per heavy atom. The summed E-state index contributed by atoms with van der Waals surface area (Å²) in [5.74, 6) is 0.336. The minimum Gasteiger partial charge on any atom is -0.454 e. The van der Waals surface area contributed by atoms with Gasteiger partial charge in [0.05, 0.1) is 19.4 Å². The standard InChI is InChI=1S/C21H24FNO3/c1-16(13-23-24)12-21(2,3)15-25-14-17-9-10-19(22)20(11-17)26-18-7-5-4-6-8-18/h4-13,24H,14-15H2,1-3H3. The molecule has 0 amide bonds. The van der Waals surface area contributed by atoms with Crippen molar-refractivity contribution >= 4 is 6.21 Å². The van der Waals surface area contributed by atoms with Crippen LogP contribution in [0.15, 0.2) is 65.3 Å². The van der Waals surface area contributed by atoms with Crippen LogP contribution in [0.5, 0.6) is 11.5 Å². The quantitative estimate of drug-likeness (QED) is 0.382. The molecule has 0 fully saturated rings. The lowest BCUT2D eigenvalue weighted by molar-refractivity contribution is 0.0714. The van der Waals surface area contributed by atoms with E-state index in [0.717, 1.165) is 11.1 Å². The molecule has 4 nitrogen and oxygen atoms in total. The lowest BCUT2D eigenvalue weighted by atomic mass is 9.92. The number of ether oxygens (including phenoxy) is 2. The molecular formula is C21H24FNO3. The predicted molar refractivity (Wildman–Crippen MR) is 100 cm³/mol. The Morgan fingerprint density at radius 1 is 1.19 bits per heavy atom.